The quantitative estimate of drug-likeness (QED) is 0.690. The summed E-state index contributed by atoms with van der Waals surface area (Å²) in [5, 5.41) is 17.0. The van der Waals surface area contributed by atoms with E-state index in [0.29, 0.717) is 0 Å². The van der Waals surface area contributed by atoms with E-state index in [1.165, 1.54) is 25.3 Å². The van der Waals surface area contributed by atoms with Gasteiger partial charge >= 0.3 is 5.69 Å². The van der Waals surface area contributed by atoms with Crippen LogP contribution in [-0.4, -0.2) is 20.6 Å². The van der Waals surface area contributed by atoms with Crippen molar-refractivity contribution in [1.29, 1.82) is 0 Å². The number of nitrogens with one attached hydrogen (secondary N) is 1. The van der Waals surface area contributed by atoms with Crippen molar-refractivity contribution in [1.82, 2.24) is 9.78 Å². The molecule has 0 aliphatic heterocycles. The summed E-state index contributed by atoms with van der Waals surface area (Å²) in [5.74, 6) is -1.06. The molecule has 8 heteroatoms. The first-order chi connectivity index (χ1) is 9.86. The van der Waals surface area contributed by atoms with Gasteiger partial charge in [-0.25, -0.2) is 4.39 Å². The van der Waals surface area contributed by atoms with E-state index in [1.54, 1.807) is 13.0 Å². The summed E-state index contributed by atoms with van der Waals surface area (Å²) in [6, 6.07) is 4.35. The van der Waals surface area contributed by atoms with Crippen molar-refractivity contribution >= 4 is 17.3 Å². The lowest BCUT2D eigenvalue weighted by atomic mass is 10.2. The number of nitrogens with zero attached hydrogens (tertiary/aromatic N) is 3. The molecule has 1 aromatic heterocycles. The molecule has 0 atom stereocenters. The monoisotopic (exact) mass is 292 g/mol. The van der Waals surface area contributed by atoms with Gasteiger partial charge in [-0.05, 0) is 31.5 Å². The third kappa shape index (κ3) is 3.41. The van der Waals surface area contributed by atoms with Gasteiger partial charge in [-0.1, -0.05) is 6.07 Å². The van der Waals surface area contributed by atoms with Gasteiger partial charge in [-0.3, -0.25) is 19.6 Å². The van der Waals surface area contributed by atoms with Gasteiger partial charge in [0.2, 0.25) is 5.91 Å². The molecule has 1 amide bonds. The van der Waals surface area contributed by atoms with E-state index in [0.717, 1.165) is 10.2 Å². The number of carbonyl (C=O) groups excluding carboxylic acids is 1. The van der Waals surface area contributed by atoms with Gasteiger partial charge in [0.25, 0.3) is 0 Å². The van der Waals surface area contributed by atoms with Crippen molar-refractivity contribution in [3.63, 3.8) is 0 Å². The SMILES string of the molecule is Cc1ccc(F)c(NC(=O)Cn2cc([N+](=O)[O-])c(C)n2)c1. The molecule has 7 nitrogen and oxygen atoms in total. The molecule has 110 valence electrons. The van der Waals surface area contributed by atoms with Crippen LogP contribution >= 0.6 is 0 Å². The number of nitro groups is 1. The van der Waals surface area contributed by atoms with Gasteiger partial charge in [-0.15, -0.1) is 0 Å². The Morgan fingerprint density at radius 3 is 2.81 bits per heavy atom. The van der Waals surface area contributed by atoms with Crippen LogP contribution in [0.25, 0.3) is 0 Å². The summed E-state index contributed by atoms with van der Waals surface area (Å²) in [6.07, 6.45) is 1.17. The number of anilines is 1. The van der Waals surface area contributed by atoms with E-state index in [4.69, 9.17) is 0 Å². The zero-order valence-corrected chi connectivity index (χ0v) is 11.5. The molecule has 1 N–H and O–H groups in total. The minimum atomic E-state index is -0.572. The summed E-state index contributed by atoms with van der Waals surface area (Å²) in [6.45, 7) is 3.02. The Hall–Kier alpha value is -2.77. The molecule has 0 aliphatic carbocycles. The van der Waals surface area contributed by atoms with Crippen LogP contribution < -0.4 is 5.32 Å². The number of hydrogen-bond donors (Lipinski definition) is 1. The summed E-state index contributed by atoms with van der Waals surface area (Å²) in [4.78, 5) is 22.0. The Morgan fingerprint density at radius 2 is 2.19 bits per heavy atom. The van der Waals surface area contributed by atoms with Crippen LogP contribution in [0, 0.1) is 29.8 Å². The molecule has 1 heterocycles. The summed E-state index contributed by atoms with van der Waals surface area (Å²) >= 11 is 0. The Balaban J connectivity index is 2.10. The number of halogens is 1. The van der Waals surface area contributed by atoms with Crippen molar-refractivity contribution in [2.75, 3.05) is 5.32 Å². The lowest BCUT2D eigenvalue weighted by molar-refractivity contribution is -0.385. The first kappa shape index (κ1) is 14.6. The van der Waals surface area contributed by atoms with Gasteiger partial charge in [0.15, 0.2) is 0 Å². The van der Waals surface area contributed by atoms with Gasteiger partial charge in [-0.2, -0.15) is 5.10 Å². The van der Waals surface area contributed by atoms with Crippen LogP contribution in [0.5, 0.6) is 0 Å². The highest BCUT2D eigenvalue weighted by molar-refractivity contribution is 5.90. The second-order valence-electron chi connectivity index (χ2n) is 4.59. The molecule has 1 aromatic carbocycles. The molecule has 0 spiro atoms. The fourth-order valence-corrected chi connectivity index (χ4v) is 1.84. The largest absolute Gasteiger partial charge is 0.322 e. The maximum atomic E-state index is 13.5. The molecule has 2 rings (SSSR count). The van der Waals surface area contributed by atoms with Crippen molar-refractivity contribution in [2.45, 2.75) is 20.4 Å². The number of hydrogen-bond acceptors (Lipinski definition) is 4. The number of carbonyl (C=O) groups is 1. The van der Waals surface area contributed by atoms with Gasteiger partial charge in [0.05, 0.1) is 10.6 Å². The van der Waals surface area contributed by atoms with E-state index < -0.39 is 16.6 Å². The number of benzene rings is 1. The van der Waals surface area contributed by atoms with Crippen LogP contribution in [-0.2, 0) is 11.3 Å². The predicted molar refractivity (Wildman–Crippen MR) is 73.4 cm³/mol. The first-order valence-corrected chi connectivity index (χ1v) is 6.11. The third-order valence-electron chi connectivity index (χ3n) is 2.82. The van der Waals surface area contributed by atoms with Crippen LogP contribution in [0.4, 0.5) is 15.8 Å². The fourth-order valence-electron chi connectivity index (χ4n) is 1.84. The molecule has 2 aromatic rings. The first-order valence-electron chi connectivity index (χ1n) is 6.11. The Kier molecular flexibility index (Phi) is 3.97. The van der Waals surface area contributed by atoms with Gasteiger partial charge < -0.3 is 5.32 Å². The molecular weight excluding hydrogens is 279 g/mol. The summed E-state index contributed by atoms with van der Waals surface area (Å²) in [7, 11) is 0. The summed E-state index contributed by atoms with van der Waals surface area (Å²) < 4.78 is 14.7. The topological polar surface area (TPSA) is 90.1 Å². The molecular formula is C13H13FN4O3. The van der Waals surface area contributed by atoms with Crippen LogP contribution in [0.3, 0.4) is 0 Å². The Labute approximate surface area is 119 Å². The smallest absolute Gasteiger partial charge is 0.309 e. The minimum Gasteiger partial charge on any atom is -0.322 e. The molecule has 0 saturated heterocycles. The highest BCUT2D eigenvalue weighted by Gasteiger charge is 2.17. The summed E-state index contributed by atoms with van der Waals surface area (Å²) in [5.41, 5.74) is 0.926. The lowest BCUT2D eigenvalue weighted by Gasteiger charge is -2.07. The molecule has 21 heavy (non-hydrogen) atoms. The maximum Gasteiger partial charge on any atom is 0.309 e. The van der Waals surface area contributed by atoms with Crippen LogP contribution in [0.15, 0.2) is 24.4 Å². The maximum absolute atomic E-state index is 13.5. The third-order valence-corrected chi connectivity index (χ3v) is 2.82. The van der Waals surface area contributed by atoms with E-state index >= 15 is 0 Å². The van der Waals surface area contributed by atoms with E-state index in [-0.39, 0.29) is 23.6 Å². The standard InChI is InChI=1S/C13H13FN4O3/c1-8-3-4-10(14)11(5-8)15-13(19)7-17-6-12(18(20)21)9(2)16-17/h3-6H,7H2,1-2H3,(H,15,19). The zero-order chi connectivity index (χ0) is 15.6. The van der Waals surface area contributed by atoms with Crippen LogP contribution in [0.2, 0.25) is 0 Å². The van der Waals surface area contributed by atoms with Crippen LogP contribution in [0.1, 0.15) is 11.3 Å². The molecule has 0 aliphatic rings. The van der Waals surface area contributed by atoms with Gasteiger partial charge in [0, 0.05) is 0 Å². The molecule has 0 unspecified atom stereocenters. The van der Waals surface area contributed by atoms with Crippen molar-refractivity contribution in [3.05, 3.63) is 51.6 Å². The normalized spacial score (nSPS) is 10.4. The molecule has 0 radical (unpaired) electrons. The second kappa shape index (κ2) is 5.70. The number of aryl methyl sites for hydroxylation is 2. The minimum absolute atomic E-state index is 0.0679. The van der Waals surface area contributed by atoms with Crippen molar-refractivity contribution in [2.24, 2.45) is 0 Å². The van der Waals surface area contributed by atoms with E-state index in [2.05, 4.69) is 10.4 Å². The number of amides is 1. The van der Waals surface area contributed by atoms with E-state index in [9.17, 15) is 19.3 Å². The Bertz CT molecular complexity index is 711. The molecule has 0 bridgehead atoms. The second-order valence-corrected chi connectivity index (χ2v) is 4.59. The average molecular weight is 292 g/mol. The average Bonchev–Trinajstić information content (AvgIpc) is 2.74. The number of rotatable bonds is 4. The van der Waals surface area contributed by atoms with Gasteiger partial charge in [0.1, 0.15) is 24.3 Å². The lowest BCUT2D eigenvalue weighted by Crippen LogP contribution is -2.19. The molecule has 0 saturated carbocycles. The highest BCUT2D eigenvalue weighted by Crippen LogP contribution is 2.17. The van der Waals surface area contributed by atoms with Crippen molar-refractivity contribution in [3.8, 4) is 0 Å². The van der Waals surface area contributed by atoms with Crippen molar-refractivity contribution < 1.29 is 14.1 Å². The predicted octanol–water partition coefficient (Wildman–Crippen LogP) is 2.19. The van der Waals surface area contributed by atoms with E-state index in [1.807, 2.05) is 0 Å². The fraction of sp³-hybridized carbons (Fsp3) is 0.231. The highest BCUT2D eigenvalue weighted by atomic mass is 19.1. The zero-order valence-electron chi connectivity index (χ0n) is 11.5. The number of aromatic nitrogens is 2. The molecule has 0 fully saturated rings. The Morgan fingerprint density at radius 1 is 1.48 bits per heavy atom.